The minimum absolute atomic E-state index is 0.0447. The van der Waals surface area contributed by atoms with Crippen molar-refractivity contribution in [3.63, 3.8) is 0 Å². The van der Waals surface area contributed by atoms with Gasteiger partial charge in [0, 0.05) is 18.3 Å². The van der Waals surface area contributed by atoms with Gasteiger partial charge in [0.25, 0.3) is 0 Å². The molecule has 1 fully saturated rings. The Balaban J connectivity index is 1.57. The number of carbonyl (C=O) groups is 1. The molecule has 4 rings (SSSR count). The second-order valence-corrected chi connectivity index (χ2v) is 13.1. The van der Waals surface area contributed by atoms with E-state index in [0.29, 0.717) is 18.0 Å². The van der Waals surface area contributed by atoms with Crippen molar-refractivity contribution >= 4 is 31.6 Å². The predicted molar refractivity (Wildman–Crippen MR) is 144 cm³/mol. The van der Waals surface area contributed by atoms with Gasteiger partial charge in [0.15, 0.2) is 0 Å². The normalized spacial score (nSPS) is 15.1. The molecule has 1 aliphatic carbocycles. The molecule has 1 N–H and O–H groups in total. The van der Waals surface area contributed by atoms with Gasteiger partial charge in [-0.25, -0.2) is 16.8 Å². The predicted octanol–water partition coefficient (Wildman–Crippen LogP) is 4.45. The summed E-state index contributed by atoms with van der Waals surface area (Å²) in [6.45, 7) is 1.55. The molecule has 0 bridgehead atoms. The van der Waals surface area contributed by atoms with Crippen molar-refractivity contribution in [1.82, 2.24) is 8.61 Å². The summed E-state index contributed by atoms with van der Waals surface area (Å²) < 4.78 is 61.8. The molecule has 204 valence electrons. The number of hydrogen-bond donors (Lipinski definition) is 1. The first-order valence-electron chi connectivity index (χ1n) is 12.7. The number of rotatable bonds is 11. The van der Waals surface area contributed by atoms with Gasteiger partial charge < -0.3 is 9.73 Å². The average molecular weight is 560 g/mol. The summed E-state index contributed by atoms with van der Waals surface area (Å²) in [5.41, 5.74) is 0.542. The van der Waals surface area contributed by atoms with Gasteiger partial charge in [-0.3, -0.25) is 4.79 Å². The molecule has 11 heteroatoms. The molecule has 1 aliphatic rings. The molecule has 0 atom stereocenters. The lowest BCUT2D eigenvalue weighted by atomic mass is 9.95. The van der Waals surface area contributed by atoms with Crippen LogP contribution in [0.1, 0.15) is 44.8 Å². The molecule has 0 radical (unpaired) electrons. The number of nitrogens with zero attached hydrogens (tertiary/aromatic N) is 2. The highest BCUT2D eigenvalue weighted by Gasteiger charge is 2.32. The topological polar surface area (TPSA) is 117 Å². The van der Waals surface area contributed by atoms with Crippen molar-refractivity contribution in [1.29, 1.82) is 0 Å². The van der Waals surface area contributed by atoms with Gasteiger partial charge in [-0.15, -0.1) is 0 Å². The number of hydrogen-bond acceptors (Lipinski definition) is 6. The van der Waals surface area contributed by atoms with E-state index < -0.39 is 32.5 Å². The van der Waals surface area contributed by atoms with Crippen LogP contribution in [0.5, 0.6) is 0 Å². The van der Waals surface area contributed by atoms with Gasteiger partial charge in [0.05, 0.1) is 29.1 Å². The van der Waals surface area contributed by atoms with E-state index in [1.807, 2.05) is 13.0 Å². The maximum Gasteiger partial charge on any atom is 0.243 e. The minimum atomic E-state index is -4.17. The van der Waals surface area contributed by atoms with Crippen molar-refractivity contribution in [3.05, 3.63) is 78.8 Å². The Morgan fingerprint density at radius 3 is 2.08 bits per heavy atom. The number of para-hydroxylation sites is 1. The maximum absolute atomic E-state index is 13.6. The van der Waals surface area contributed by atoms with Crippen LogP contribution in [0.2, 0.25) is 0 Å². The molecule has 38 heavy (non-hydrogen) atoms. The number of nitrogens with one attached hydrogen (secondary N) is 1. The van der Waals surface area contributed by atoms with E-state index in [0.717, 1.165) is 36.4 Å². The minimum Gasteiger partial charge on any atom is -0.468 e. The molecular formula is C27H33N3O6S2. The second-order valence-electron chi connectivity index (χ2n) is 9.24. The highest BCUT2D eigenvalue weighted by atomic mass is 32.2. The molecule has 2 aromatic carbocycles. The van der Waals surface area contributed by atoms with Crippen LogP contribution >= 0.6 is 0 Å². The molecule has 0 spiro atoms. The Bertz CT molecular complexity index is 1400. The van der Waals surface area contributed by atoms with E-state index in [2.05, 4.69) is 5.32 Å². The van der Waals surface area contributed by atoms with E-state index in [4.69, 9.17) is 4.42 Å². The summed E-state index contributed by atoms with van der Waals surface area (Å²) in [7, 11) is -7.95. The van der Waals surface area contributed by atoms with Crippen LogP contribution < -0.4 is 5.32 Å². The van der Waals surface area contributed by atoms with Gasteiger partial charge in [-0.1, -0.05) is 44.4 Å². The number of furan rings is 1. The summed E-state index contributed by atoms with van der Waals surface area (Å²) in [6, 6.07) is 17.1. The number of anilines is 1. The van der Waals surface area contributed by atoms with E-state index >= 15 is 0 Å². The Hall–Kier alpha value is -2.99. The summed E-state index contributed by atoms with van der Waals surface area (Å²) >= 11 is 0. The fraction of sp³-hybridized carbons (Fsp3) is 0.370. The zero-order valence-corrected chi connectivity index (χ0v) is 23.0. The van der Waals surface area contributed by atoms with Crippen LogP contribution in [0, 0.1) is 0 Å². The van der Waals surface area contributed by atoms with E-state index in [9.17, 15) is 21.6 Å². The number of amides is 1. The molecule has 3 aromatic rings. The van der Waals surface area contributed by atoms with Crippen LogP contribution in [-0.2, 0) is 31.4 Å². The summed E-state index contributed by atoms with van der Waals surface area (Å²) in [4.78, 5) is 12.7. The number of carbonyl (C=O) groups excluding carboxylic acids is 1. The van der Waals surface area contributed by atoms with Crippen molar-refractivity contribution < 1.29 is 26.0 Å². The van der Waals surface area contributed by atoms with E-state index in [1.165, 1.54) is 34.8 Å². The zero-order valence-electron chi connectivity index (χ0n) is 21.3. The highest BCUT2D eigenvalue weighted by molar-refractivity contribution is 7.89. The standard InChI is InChI=1S/C27H33N3O6S2/c1-2-30(23-12-7-4-8-13-23)38(34,35)26-17-15-25(16-18-26)37(32,33)29(20-24-14-9-19-36-24)21-27(31)28-22-10-5-3-6-11-22/h3,5-6,9-11,14-19,23H,2,4,7-8,12-13,20-21H2,1H3,(H,28,31). The Kier molecular flexibility index (Phi) is 9.03. The Morgan fingerprint density at radius 1 is 0.868 bits per heavy atom. The molecule has 0 unspecified atom stereocenters. The molecule has 0 aliphatic heterocycles. The molecule has 1 heterocycles. The smallest absolute Gasteiger partial charge is 0.243 e. The van der Waals surface area contributed by atoms with Gasteiger partial charge in [-0.05, 0) is 61.4 Å². The molecule has 9 nitrogen and oxygen atoms in total. The SMILES string of the molecule is CCN(C1CCCCC1)S(=O)(=O)c1ccc(S(=O)(=O)N(CC(=O)Nc2ccccc2)Cc2ccco2)cc1. The number of sulfonamides is 2. The van der Waals surface area contributed by atoms with Crippen molar-refractivity contribution in [3.8, 4) is 0 Å². The first kappa shape index (κ1) is 28.0. The third-order valence-electron chi connectivity index (χ3n) is 6.65. The van der Waals surface area contributed by atoms with Gasteiger partial charge in [0.2, 0.25) is 26.0 Å². The third-order valence-corrected chi connectivity index (χ3v) is 10.5. The summed E-state index contributed by atoms with van der Waals surface area (Å²) in [5, 5.41) is 2.69. The van der Waals surface area contributed by atoms with Crippen LogP contribution in [0.4, 0.5) is 5.69 Å². The van der Waals surface area contributed by atoms with Crippen LogP contribution in [0.25, 0.3) is 0 Å². The van der Waals surface area contributed by atoms with Crippen molar-refractivity contribution in [2.24, 2.45) is 0 Å². The van der Waals surface area contributed by atoms with Gasteiger partial charge in [-0.2, -0.15) is 8.61 Å². The van der Waals surface area contributed by atoms with Crippen LogP contribution in [0.15, 0.2) is 87.2 Å². The fourth-order valence-corrected chi connectivity index (χ4v) is 7.80. The zero-order chi connectivity index (χ0) is 27.2. The average Bonchev–Trinajstić information content (AvgIpc) is 3.43. The van der Waals surface area contributed by atoms with Crippen molar-refractivity contribution in [2.45, 2.75) is 61.4 Å². The number of benzene rings is 2. The maximum atomic E-state index is 13.6. The highest BCUT2D eigenvalue weighted by Crippen LogP contribution is 2.28. The quantitative estimate of drug-likeness (QED) is 0.371. The van der Waals surface area contributed by atoms with E-state index in [1.54, 1.807) is 36.4 Å². The Labute approximate surface area is 224 Å². The second kappa shape index (κ2) is 12.2. The van der Waals surface area contributed by atoms with Crippen LogP contribution in [-0.4, -0.2) is 50.5 Å². The Morgan fingerprint density at radius 2 is 1.50 bits per heavy atom. The molecule has 1 saturated carbocycles. The largest absolute Gasteiger partial charge is 0.468 e. The monoisotopic (exact) mass is 559 g/mol. The fourth-order valence-electron chi connectivity index (χ4n) is 4.75. The van der Waals surface area contributed by atoms with Crippen LogP contribution in [0.3, 0.4) is 0 Å². The molecule has 1 aromatic heterocycles. The van der Waals surface area contributed by atoms with E-state index in [-0.39, 0.29) is 22.4 Å². The van der Waals surface area contributed by atoms with Gasteiger partial charge >= 0.3 is 0 Å². The lowest BCUT2D eigenvalue weighted by molar-refractivity contribution is -0.116. The third kappa shape index (κ3) is 6.52. The first-order valence-corrected chi connectivity index (χ1v) is 15.6. The molecule has 0 saturated heterocycles. The summed E-state index contributed by atoms with van der Waals surface area (Å²) in [5.74, 6) is -0.150. The van der Waals surface area contributed by atoms with Crippen molar-refractivity contribution in [2.75, 3.05) is 18.4 Å². The summed E-state index contributed by atoms with van der Waals surface area (Å²) in [6.07, 6.45) is 6.18. The van der Waals surface area contributed by atoms with Gasteiger partial charge in [0.1, 0.15) is 5.76 Å². The first-order chi connectivity index (χ1) is 18.2. The molecule has 1 amide bonds. The lowest BCUT2D eigenvalue weighted by Crippen LogP contribution is -2.41. The molecular weight excluding hydrogens is 526 g/mol. The lowest BCUT2D eigenvalue weighted by Gasteiger charge is -2.32.